The summed E-state index contributed by atoms with van der Waals surface area (Å²) in [5.41, 5.74) is 3.83. The minimum absolute atomic E-state index is 0.380. The Morgan fingerprint density at radius 3 is 2.78 bits per heavy atom. The van der Waals surface area contributed by atoms with E-state index in [2.05, 4.69) is 44.2 Å². The van der Waals surface area contributed by atoms with E-state index < -0.39 is 0 Å². The fraction of sp³-hybridized carbons (Fsp3) is 0.290. The van der Waals surface area contributed by atoms with Crippen LogP contribution in [0.1, 0.15) is 24.0 Å². The number of fused-ring (bicyclic) bond motifs is 1. The summed E-state index contributed by atoms with van der Waals surface area (Å²) in [4.78, 5) is 11.4. The van der Waals surface area contributed by atoms with Crippen molar-refractivity contribution < 1.29 is 9.47 Å². The van der Waals surface area contributed by atoms with Gasteiger partial charge in [0.15, 0.2) is 0 Å². The van der Waals surface area contributed by atoms with Gasteiger partial charge in [0, 0.05) is 42.8 Å². The van der Waals surface area contributed by atoms with Gasteiger partial charge in [-0.25, -0.2) is 9.97 Å². The van der Waals surface area contributed by atoms with E-state index in [0.29, 0.717) is 5.92 Å². The highest BCUT2D eigenvalue weighted by Crippen LogP contribution is 2.30. The molecule has 37 heavy (non-hydrogen) atoms. The number of rotatable bonds is 7. The Labute approximate surface area is 218 Å². The van der Waals surface area contributed by atoms with Crippen molar-refractivity contribution in [3.05, 3.63) is 84.2 Å². The molecule has 0 bridgehead atoms. The van der Waals surface area contributed by atoms with Crippen molar-refractivity contribution in [3.8, 4) is 23.3 Å². The van der Waals surface area contributed by atoms with Crippen LogP contribution in [0.15, 0.2) is 73.1 Å². The molecule has 4 aromatic rings. The van der Waals surface area contributed by atoms with E-state index in [0.717, 1.165) is 77.7 Å². The van der Waals surface area contributed by atoms with Crippen LogP contribution < -0.4 is 10.1 Å². The van der Waals surface area contributed by atoms with Crippen LogP contribution in [0.4, 0.5) is 11.5 Å². The van der Waals surface area contributed by atoms with Crippen molar-refractivity contribution in [3.63, 3.8) is 0 Å². The van der Waals surface area contributed by atoms with Gasteiger partial charge in [0.25, 0.3) is 0 Å². The summed E-state index contributed by atoms with van der Waals surface area (Å²) < 4.78 is 11.3. The van der Waals surface area contributed by atoms with Crippen LogP contribution in [0.5, 0.6) is 11.5 Å². The van der Waals surface area contributed by atoms with Crippen LogP contribution in [-0.2, 0) is 4.74 Å². The van der Waals surface area contributed by atoms with Crippen molar-refractivity contribution in [1.29, 1.82) is 0 Å². The largest absolute Gasteiger partial charge is 0.457 e. The third-order valence-corrected chi connectivity index (χ3v) is 6.58. The van der Waals surface area contributed by atoms with Crippen molar-refractivity contribution in [2.75, 3.05) is 38.7 Å². The molecule has 6 heteroatoms. The number of hydrogen-bond acceptors (Lipinski definition) is 6. The first-order valence-electron chi connectivity index (χ1n) is 12.8. The smallest absolute Gasteiger partial charge is 0.141 e. The van der Waals surface area contributed by atoms with E-state index in [1.165, 1.54) is 6.42 Å². The number of anilines is 2. The Hall–Kier alpha value is -3.92. The topological polar surface area (TPSA) is 59.5 Å². The highest BCUT2D eigenvalue weighted by Gasteiger charge is 2.17. The first kappa shape index (κ1) is 24.8. The van der Waals surface area contributed by atoms with Gasteiger partial charge in [0.2, 0.25) is 0 Å². The highest BCUT2D eigenvalue weighted by atomic mass is 16.5. The number of para-hydroxylation sites is 1. The standard InChI is InChI=1S/C31H32N4O2/c1-23-19-26(13-15-30(23)37-27-8-4-3-5-9-27)34-31-28-20-24(12-14-29(28)32-22-33-31)10-11-25-7-6-16-35(21-25)17-18-36-2/h3-5,8-9,12-15,19-20,22,25H,6-7,16-18,21H2,1-2H3,(H,32,33,34). The summed E-state index contributed by atoms with van der Waals surface area (Å²) in [6.07, 6.45) is 3.91. The van der Waals surface area contributed by atoms with Crippen LogP contribution in [0.2, 0.25) is 0 Å². The molecule has 1 atom stereocenters. The lowest BCUT2D eigenvalue weighted by atomic mass is 9.98. The molecule has 1 N–H and O–H groups in total. The van der Waals surface area contributed by atoms with Gasteiger partial charge in [-0.1, -0.05) is 30.0 Å². The minimum Gasteiger partial charge on any atom is -0.457 e. The van der Waals surface area contributed by atoms with Gasteiger partial charge < -0.3 is 14.8 Å². The number of piperidine rings is 1. The molecule has 188 valence electrons. The average molecular weight is 493 g/mol. The molecule has 1 fully saturated rings. The minimum atomic E-state index is 0.380. The van der Waals surface area contributed by atoms with Gasteiger partial charge in [-0.2, -0.15) is 0 Å². The monoisotopic (exact) mass is 492 g/mol. The van der Waals surface area contributed by atoms with E-state index in [1.807, 2.05) is 61.5 Å². The summed E-state index contributed by atoms with van der Waals surface area (Å²) in [6, 6.07) is 22.0. The van der Waals surface area contributed by atoms with Crippen LogP contribution in [0.25, 0.3) is 10.9 Å². The zero-order valence-corrected chi connectivity index (χ0v) is 21.4. The maximum Gasteiger partial charge on any atom is 0.141 e. The molecule has 0 spiro atoms. The molecule has 3 aromatic carbocycles. The molecule has 0 radical (unpaired) electrons. The summed E-state index contributed by atoms with van der Waals surface area (Å²) in [5, 5.41) is 4.41. The molecule has 0 aliphatic carbocycles. The third kappa shape index (κ3) is 6.45. The average Bonchev–Trinajstić information content (AvgIpc) is 2.93. The second-order valence-electron chi connectivity index (χ2n) is 9.38. The van der Waals surface area contributed by atoms with E-state index in [1.54, 1.807) is 13.4 Å². The molecular formula is C31H32N4O2. The maximum atomic E-state index is 6.03. The van der Waals surface area contributed by atoms with Crippen molar-refractivity contribution in [1.82, 2.24) is 14.9 Å². The van der Waals surface area contributed by atoms with E-state index in [-0.39, 0.29) is 0 Å². The SMILES string of the molecule is COCCN1CCCC(C#Cc2ccc3ncnc(Nc4ccc(Oc5ccccc5)c(C)c4)c3c2)C1. The van der Waals surface area contributed by atoms with E-state index >= 15 is 0 Å². The second-order valence-corrected chi connectivity index (χ2v) is 9.38. The molecule has 2 heterocycles. The number of benzene rings is 3. The zero-order valence-electron chi connectivity index (χ0n) is 21.4. The number of nitrogens with one attached hydrogen (secondary N) is 1. The Morgan fingerprint density at radius 1 is 1.05 bits per heavy atom. The lowest BCUT2D eigenvalue weighted by molar-refractivity contribution is 0.125. The Kier molecular flexibility index (Phi) is 7.95. The molecule has 1 aromatic heterocycles. The Morgan fingerprint density at radius 2 is 1.95 bits per heavy atom. The molecule has 5 rings (SSSR count). The fourth-order valence-corrected chi connectivity index (χ4v) is 4.61. The number of aryl methyl sites for hydroxylation is 1. The van der Waals surface area contributed by atoms with Crippen molar-refractivity contribution in [2.45, 2.75) is 19.8 Å². The predicted molar refractivity (Wildman–Crippen MR) is 148 cm³/mol. The van der Waals surface area contributed by atoms with Crippen molar-refractivity contribution >= 4 is 22.4 Å². The van der Waals surface area contributed by atoms with Crippen molar-refractivity contribution in [2.24, 2.45) is 5.92 Å². The summed E-state index contributed by atoms with van der Waals surface area (Å²) in [5.74, 6) is 9.69. The third-order valence-electron chi connectivity index (χ3n) is 6.58. The van der Waals surface area contributed by atoms with E-state index in [4.69, 9.17) is 9.47 Å². The molecule has 0 amide bonds. The molecule has 1 aliphatic heterocycles. The molecule has 1 saturated heterocycles. The van der Waals surface area contributed by atoms with Gasteiger partial charge >= 0.3 is 0 Å². The first-order chi connectivity index (χ1) is 18.2. The second kappa shape index (κ2) is 11.9. The van der Waals surface area contributed by atoms with Crippen LogP contribution in [0, 0.1) is 24.7 Å². The predicted octanol–water partition coefficient (Wildman–Crippen LogP) is 6.18. The number of likely N-dealkylation sites (tertiary alicyclic amines) is 1. The highest BCUT2D eigenvalue weighted by molar-refractivity contribution is 5.91. The summed E-state index contributed by atoms with van der Waals surface area (Å²) in [7, 11) is 1.75. The van der Waals surface area contributed by atoms with Gasteiger partial charge in [0.1, 0.15) is 23.6 Å². The maximum absolute atomic E-state index is 6.03. The molecule has 1 aliphatic rings. The van der Waals surface area contributed by atoms with Crippen LogP contribution in [-0.4, -0.2) is 48.2 Å². The molecule has 1 unspecified atom stereocenters. The fourth-order valence-electron chi connectivity index (χ4n) is 4.61. The summed E-state index contributed by atoms with van der Waals surface area (Å²) >= 11 is 0. The zero-order chi connectivity index (χ0) is 25.5. The van der Waals surface area contributed by atoms with Crippen LogP contribution >= 0.6 is 0 Å². The normalized spacial score (nSPS) is 15.7. The Balaban J connectivity index is 1.32. The van der Waals surface area contributed by atoms with Gasteiger partial charge in [0.05, 0.1) is 12.1 Å². The molecule has 6 nitrogen and oxygen atoms in total. The summed E-state index contributed by atoms with van der Waals surface area (Å²) in [6.45, 7) is 5.90. The first-order valence-corrected chi connectivity index (χ1v) is 12.8. The van der Waals surface area contributed by atoms with Gasteiger partial charge in [-0.05, 0) is 80.4 Å². The number of hydrogen-bond donors (Lipinski definition) is 1. The number of methoxy groups -OCH3 is 1. The van der Waals surface area contributed by atoms with Gasteiger partial charge in [-0.3, -0.25) is 4.90 Å². The number of nitrogens with zero attached hydrogens (tertiary/aromatic N) is 3. The van der Waals surface area contributed by atoms with Gasteiger partial charge in [-0.15, -0.1) is 0 Å². The lowest BCUT2D eigenvalue weighted by Crippen LogP contribution is -2.37. The number of ether oxygens (including phenoxy) is 2. The number of aromatic nitrogens is 2. The molecular weight excluding hydrogens is 460 g/mol. The lowest BCUT2D eigenvalue weighted by Gasteiger charge is -2.29. The quantitative estimate of drug-likeness (QED) is 0.311. The Bertz CT molecular complexity index is 1410. The van der Waals surface area contributed by atoms with E-state index in [9.17, 15) is 0 Å². The molecule has 0 saturated carbocycles. The van der Waals surface area contributed by atoms with Crippen LogP contribution in [0.3, 0.4) is 0 Å².